The maximum Gasteiger partial charge on any atom is 0.262 e. The Hall–Kier alpha value is -5.48. The van der Waals surface area contributed by atoms with E-state index in [0.717, 1.165) is 57.9 Å². The molecule has 0 aliphatic carbocycles. The van der Waals surface area contributed by atoms with E-state index < -0.39 is 20.0 Å². The monoisotopic (exact) mass is 694 g/mol. The molecule has 238 valence electrons. The van der Waals surface area contributed by atoms with Crippen LogP contribution in [0.4, 0.5) is 11.4 Å². The molecular weight excluding hydrogens is 669 g/mol. The molecule has 0 spiro atoms. The molecule has 0 saturated heterocycles. The van der Waals surface area contributed by atoms with Crippen LogP contribution in [0, 0.1) is 0 Å². The molecule has 0 aliphatic heterocycles. The lowest BCUT2D eigenvalue weighted by molar-refractivity contribution is 0.600. The number of benzene rings is 8. The van der Waals surface area contributed by atoms with Crippen LogP contribution in [0.2, 0.25) is 0 Å². The van der Waals surface area contributed by atoms with Crippen molar-refractivity contribution >= 4 is 106 Å². The van der Waals surface area contributed by atoms with Crippen molar-refractivity contribution in [3.05, 3.63) is 146 Å². The van der Waals surface area contributed by atoms with Crippen LogP contribution in [-0.4, -0.2) is 16.8 Å². The second-order valence-electron chi connectivity index (χ2n) is 12.1. The fourth-order valence-corrected chi connectivity index (χ4v) is 10.4. The molecule has 0 bridgehead atoms. The van der Waals surface area contributed by atoms with Crippen LogP contribution in [0.5, 0.6) is 0 Å². The standard InChI is InChI=1S/C40H26N2O4S3/c43-48(44,41-30-17-13-25-7-1-3-9-28(25)21-30)32-19-15-27-16-20-35-39-34-12-6-5-11-33(34)38(24-37(39)47-40(35)36(27)23-32)49(45,46)42-31-18-14-26-8-2-4-10-29(26)22-31/h1-24,41-42H. The normalized spacial score (nSPS) is 12.4. The van der Waals surface area contributed by atoms with E-state index in [-0.39, 0.29) is 9.79 Å². The molecule has 6 nitrogen and oxygen atoms in total. The quantitative estimate of drug-likeness (QED) is 0.181. The zero-order chi connectivity index (χ0) is 33.3. The highest BCUT2D eigenvalue weighted by Crippen LogP contribution is 2.44. The van der Waals surface area contributed by atoms with Crippen molar-refractivity contribution < 1.29 is 16.8 Å². The second-order valence-corrected chi connectivity index (χ2v) is 16.4. The van der Waals surface area contributed by atoms with Crippen molar-refractivity contribution in [1.29, 1.82) is 0 Å². The van der Waals surface area contributed by atoms with Crippen LogP contribution >= 0.6 is 11.3 Å². The Morgan fingerprint density at radius 1 is 0.429 bits per heavy atom. The maximum atomic E-state index is 14.0. The van der Waals surface area contributed by atoms with Gasteiger partial charge in [-0.1, -0.05) is 103 Å². The minimum absolute atomic E-state index is 0.144. The Morgan fingerprint density at radius 2 is 0.980 bits per heavy atom. The van der Waals surface area contributed by atoms with Crippen molar-refractivity contribution in [2.75, 3.05) is 9.44 Å². The molecule has 0 saturated carbocycles. The van der Waals surface area contributed by atoms with Gasteiger partial charge in [-0.15, -0.1) is 11.3 Å². The maximum absolute atomic E-state index is 14.0. The van der Waals surface area contributed by atoms with E-state index in [9.17, 15) is 16.8 Å². The molecule has 0 amide bonds. The molecule has 49 heavy (non-hydrogen) atoms. The molecule has 9 rings (SSSR count). The predicted octanol–water partition coefficient (Wildman–Crippen LogP) is 10.3. The van der Waals surface area contributed by atoms with Crippen LogP contribution in [0.1, 0.15) is 0 Å². The topological polar surface area (TPSA) is 92.3 Å². The van der Waals surface area contributed by atoms with Gasteiger partial charge in [0.2, 0.25) is 0 Å². The number of thiophene rings is 1. The smallest absolute Gasteiger partial charge is 0.262 e. The van der Waals surface area contributed by atoms with E-state index in [0.29, 0.717) is 16.8 Å². The zero-order valence-corrected chi connectivity index (χ0v) is 28.2. The van der Waals surface area contributed by atoms with E-state index in [1.807, 2.05) is 115 Å². The molecule has 9 aromatic rings. The number of hydrogen-bond acceptors (Lipinski definition) is 5. The highest BCUT2D eigenvalue weighted by atomic mass is 32.2. The van der Waals surface area contributed by atoms with Gasteiger partial charge in [-0.2, -0.15) is 0 Å². The van der Waals surface area contributed by atoms with Crippen LogP contribution in [-0.2, 0) is 20.0 Å². The van der Waals surface area contributed by atoms with E-state index >= 15 is 0 Å². The molecule has 0 aliphatic rings. The van der Waals surface area contributed by atoms with Gasteiger partial charge in [0.1, 0.15) is 0 Å². The molecular formula is C40H26N2O4S3. The van der Waals surface area contributed by atoms with Crippen molar-refractivity contribution in [3.8, 4) is 0 Å². The first kappa shape index (κ1) is 29.6. The number of anilines is 2. The van der Waals surface area contributed by atoms with Crippen molar-refractivity contribution in [1.82, 2.24) is 0 Å². The molecule has 0 atom stereocenters. The van der Waals surface area contributed by atoms with Crippen molar-refractivity contribution in [2.24, 2.45) is 0 Å². The number of rotatable bonds is 6. The summed E-state index contributed by atoms with van der Waals surface area (Å²) < 4.78 is 62.6. The fourth-order valence-electron chi connectivity index (χ4n) is 6.68. The van der Waals surface area contributed by atoms with Crippen LogP contribution in [0.3, 0.4) is 0 Å². The third-order valence-electron chi connectivity index (χ3n) is 9.00. The predicted molar refractivity (Wildman–Crippen MR) is 204 cm³/mol. The van der Waals surface area contributed by atoms with Gasteiger partial charge in [0.05, 0.1) is 9.79 Å². The van der Waals surface area contributed by atoms with E-state index in [4.69, 9.17) is 0 Å². The van der Waals surface area contributed by atoms with Crippen molar-refractivity contribution in [2.45, 2.75) is 9.79 Å². The molecule has 1 heterocycles. The van der Waals surface area contributed by atoms with Gasteiger partial charge in [0.25, 0.3) is 20.0 Å². The number of sulfonamides is 2. The Bertz CT molecular complexity index is 3040. The third kappa shape index (κ3) is 5.05. The van der Waals surface area contributed by atoms with Crippen LogP contribution in [0.25, 0.3) is 63.3 Å². The molecule has 2 N–H and O–H groups in total. The lowest BCUT2D eigenvalue weighted by Crippen LogP contribution is -2.13. The Morgan fingerprint density at radius 3 is 1.65 bits per heavy atom. The fraction of sp³-hybridized carbons (Fsp3) is 0. The molecule has 0 unspecified atom stereocenters. The first-order valence-electron chi connectivity index (χ1n) is 15.6. The Kier molecular flexibility index (Phi) is 6.67. The van der Waals surface area contributed by atoms with Crippen LogP contribution in [0.15, 0.2) is 155 Å². The largest absolute Gasteiger partial charge is 0.280 e. The molecule has 9 heteroatoms. The first-order valence-corrected chi connectivity index (χ1v) is 19.4. The van der Waals surface area contributed by atoms with Gasteiger partial charge in [-0.3, -0.25) is 9.44 Å². The summed E-state index contributed by atoms with van der Waals surface area (Å²) in [4.78, 5) is 0.327. The average Bonchev–Trinajstić information content (AvgIpc) is 3.50. The minimum Gasteiger partial charge on any atom is -0.280 e. The van der Waals surface area contributed by atoms with E-state index in [1.54, 1.807) is 30.3 Å². The third-order valence-corrected chi connectivity index (χ3v) is 13.0. The number of nitrogens with one attached hydrogen (secondary N) is 2. The Labute approximate surface area is 286 Å². The lowest BCUT2D eigenvalue weighted by atomic mass is 10.0. The first-order chi connectivity index (χ1) is 23.7. The molecule has 0 fully saturated rings. The van der Waals surface area contributed by atoms with Crippen LogP contribution < -0.4 is 9.44 Å². The van der Waals surface area contributed by atoms with Crippen molar-refractivity contribution in [3.63, 3.8) is 0 Å². The minimum atomic E-state index is -3.98. The SMILES string of the molecule is O=S(=O)(Nc1ccc2ccccc2c1)c1ccc2ccc3c(sc4cc(S(=O)(=O)Nc5ccc6ccccc6c5)c5ccccc5c43)c2c1. The average molecular weight is 695 g/mol. The summed E-state index contributed by atoms with van der Waals surface area (Å²) in [5.74, 6) is 0. The van der Waals surface area contributed by atoms with Gasteiger partial charge in [0, 0.05) is 42.3 Å². The summed E-state index contributed by atoms with van der Waals surface area (Å²) in [6, 6.07) is 45.0. The summed E-state index contributed by atoms with van der Waals surface area (Å²) in [6.07, 6.45) is 0. The zero-order valence-electron chi connectivity index (χ0n) is 25.7. The summed E-state index contributed by atoms with van der Waals surface area (Å²) in [5, 5.41) is 8.89. The number of fused-ring (bicyclic) bond motifs is 9. The van der Waals surface area contributed by atoms with Gasteiger partial charge in [0.15, 0.2) is 0 Å². The van der Waals surface area contributed by atoms with Gasteiger partial charge in [-0.05, 0) is 74.8 Å². The van der Waals surface area contributed by atoms with Gasteiger partial charge in [-0.25, -0.2) is 16.8 Å². The molecule has 0 radical (unpaired) electrons. The van der Waals surface area contributed by atoms with E-state index in [2.05, 4.69) is 9.44 Å². The summed E-state index contributed by atoms with van der Waals surface area (Å²) in [7, 11) is -7.89. The van der Waals surface area contributed by atoms with E-state index in [1.165, 1.54) is 11.3 Å². The van der Waals surface area contributed by atoms with Gasteiger partial charge < -0.3 is 0 Å². The summed E-state index contributed by atoms with van der Waals surface area (Å²) >= 11 is 1.46. The summed E-state index contributed by atoms with van der Waals surface area (Å²) in [6.45, 7) is 0. The molecule has 8 aromatic carbocycles. The number of hydrogen-bond donors (Lipinski definition) is 2. The highest BCUT2D eigenvalue weighted by molar-refractivity contribution is 7.93. The van der Waals surface area contributed by atoms with Gasteiger partial charge >= 0.3 is 0 Å². The highest BCUT2D eigenvalue weighted by Gasteiger charge is 2.23. The Balaban J connectivity index is 1.17. The summed E-state index contributed by atoms with van der Waals surface area (Å²) in [5.41, 5.74) is 0.965. The molecule has 1 aromatic heterocycles. The lowest BCUT2D eigenvalue weighted by Gasteiger charge is -2.12. The second kappa shape index (κ2) is 11.0.